The van der Waals surface area contributed by atoms with Gasteiger partial charge in [0.15, 0.2) is 5.96 Å². The number of likely N-dealkylation sites (N-methyl/N-ethyl adjacent to an activating group) is 1. The molecule has 1 aliphatic heterocycles. The van der Waals surface area contributed by atoms with E-state index in [1.165, 1.54) is 36.7 Å². The van der Waals surface area contributed by atoms with Crippen molar-refractivity contribution in [1.29, 1.82) is 0 Å². The highest BCUT2D eigenvalue weighted by Gasteiger charge is 2.41. The van der Waals surface area contributed by atoms with Crippen molar-refractivity contribution >= 4 is 53.3 Å². The molecule has 0 saturated carbocycles. The largest absolute Gasteiger partial charge is 0.508 e. The van der Waals surface area contributed by atoms with E-state index >= 15 is 0 Å². The van der Waals surface area contributed by atoms with Crippen molar-refractivity contribution in [2.45, 2.75) is 121 Å². The number of phenolic OH excluding ortho intramolecular Hbond substituents is 1. The molecule has 1 fully saturated rings. The second-order valence-electron chi connectivity index (χ2n) is 17.3. The molecular weight excluding hydrogens is 899 g/mol. The lowest BCUT2D eigenvalue weighted by Gasteiger charge is -2.32. The van der Waals surface area contributed by atoms with Gasteiger partial charge in [0.2, 0.25) is 41.4 Å². The van der Waals surface area contributed by atoms with E-state index in [0.717, 1.165) is 0 Å². The van der Waals surface area contributed by atoms with Gasteiger partial charge in [-0.25, -0.2) is 9.78 Å². The predicted octanol–water partition coefficient (Wildman–Crippen LogP) is -2.10. The molecule has 1 aromatic carbocycles. The van der Waals surface area contributed by atoms with Crippen LogP contribution < -0.4 is 48.7 Å². The molecule has 0 spiro atoms. The quantitative estimate of drug-likeness (QED) is 0.0236. The number of rotatable bonds is 29. The smallest absolute Gasteiger partial charge is 0.326 e. The third kappa shape index (κ3) is 18.3. The van der Waals surface area contributed by atoms with Crippen molar-refractivity contribution in [1.82, 2.24) is 52.1 Å². The fourth-order valence-corrected chi connectivity index (χ4v) is 7.60. The first-order chi connectivity index (χ1) is 32.8. The Labute approximate surface area is 401 Å². The van der Waals surface area contributed by atoms with Crippen LogP contribution in [0.15, 0.2) is 41.8 Å². The van der Waals surface area contributed by atoms with Gasteiger partial charge in [-0.1, -0.05) is 46.2 Å². The second-order valence-corrected chi connectivity index (χ2v) is 17.3. The standard InChI is InChI=1S/C45H71N13O11/c1-7-26(4)37(42(65)55-33(21-28-22-49-24-51-28)43(66)58-18-9-11-34(58)40(63)53-31(44(67)68)16-19-69-6)57-39(62)32(20-27-12-14-29(59)15-13-27)54-41(64)36(25(2)3)56-38(61)30(52-35(60)23-48-5)10-8-17-50-45(46)47/h12-15,22,24-26,30-34,36-37,48,59H,7-11,16-21,23H2,1-6H3,(H,49,51)(H,52,60)(H,53,63)(H,54,64)(H,55,65)(H,56,61)(H,57,62)(H,67,68)(H4,46,47,50)/t26-,30-,31-,32-,33-,34-,36-,37-/m0/s1. The first kappa shape index (κ1) is 56.5. The summed E-state index contributed by atoms with van der Waals surface area (Å²) < 4.78 is 4.99. The number of carbonyl (C=O) groups is 8. The first-order valence-electron chi connectivity index (χ1n) is 23.1. The Hall–Kier alpha value is -6.82. The summed E-state index contributed by atoms with van der Waals surface area (Å²) in [5.41, 5.74) is 11.9. The zero-order valence-electron chi connectivity index (χ0n) is 40.2. The highest BCUT2D eigenvalue weighted by molar-refractivity contribution is 5.98. The number of phenols is 1. The van der Waals surface area contributed by atoms with Gasteiger partial charge in [-0.2, -0.15) is 0 Å². The van der Waals surface area contributed by atoms with Gasteiger partial charge < -0.3 is 73.5 Å². The fourth-order valence-electron chi connectivity index (χ4n) is 7.60. The van der Waals surface area contributed by atoms with E-state index in [2.05, 4.69) is 52.2 Å². The number of aromatic amines is 1. The van der Waals surface area contributed by atoms with E-state index < -0.39 is 101 Å². The van der Waals surface area contributed by atoms with Gasteiger partial charge in [0.1, 0.15) is 48.0 Å². The lowest BCUT2D eigenvalue weighted by Crippen LogP contribution is -2.62. The van der Waals surface area contributed by atoms with Crippen LogP contribution in [0, 0.1) is 11.8 Å². The number of imidazole rings is 1. The van der Waals surface area contributed by atoms with Crippen LogP contribution in [0.3, 0.4) is 0 Å². The number of benzene rings is 1. The number of carboxylic acids is 1. The second kappa shape index (κ2) is 28.5. The summed E-state index contributed by atoms with van der Waals surface area (Å²) in [6, 6.07) is -2.55. The molecule has 8 atom stereocenters. The first-order valence-corrected chi connectivity index (χ1v) is 23.1. The molecule has 0 aliphatic carbocycles. The maximum atomic E-state index is 14.5. The van der Waals surface area contributed by atoms with Crippen LogP contribution in [0.4, 0.5) is 0 Å². The average Bonchev–Trinajstić information content (AvgIpc) is 4.02. The Kier molecular flexibility index (Phi) is 23.3. The number of aromatic nitrogens is 2. The molecule has 0 bridgehead atoms. The Balaban J connectivity index is 1.92. The number of carbonyl (C=O) groups excluding carboxylic acids is 7. The molecule has 0 unspecified atom stereocenters. The number of aliphatic carboxylic acids is 1. The number of carboxylic acid groups (broad SMARTS) is 1. The van der Waals surface area contributed by atoms with Crippen molar-refractivity contribution in [2.75, 3.05) is 40.4 Å². The highest BCUT2D eigenvalue weighted by atomic mass is 16.5. The summed E-state index contributed by atoms with van der Waals surface area (Å²) in [5.74, 6) is -7.20. The number of hydrogen-bond donors (Lipinski definition) is 12. The number of hydrogen-bond acceptors (Lipinski definition) is 13. The summed E-state index contributed by atoms with van der Waals surface area (Å²) in [6.45, 7) is 7.21. The van der Waals surface area contributed by atoms with Crippen LogP contribution in [-0.4, -0.2) is 161 Å². The molecule has 1 aromatic heterocycles. The van der Waals surface area contributed by atoms with Gasteiger partial charge in [-0.3, -0.25) is 38.6 Å². The number of nitrogens with two attached hydrogens (primary N) is 2. The molecule has 1 aliphatic rings. The third-order valence-electron chi connectivity index (χ3n) is 11.6. The Morgan fingerprint density at radius 1 is 0.855 bits per heavy atom. The van der Waals surface area contributed by atoms with Crippen LogP contribution in [0.1, 0.15) is 77.5 Å². The minimum atomic E-state index is -1.35. The van der Waals surface area contributed by atoms with Crippen LogP contribution >= 0.6 is 0 Å². The minimum Gasteiger partial charge on any atom is -0.508 e. The number of ether oxygens (including phenoxy) is 1. The molecule has 7 amide bonds. The van der Waals surface area contributed by atoms with Gasteiger partial charge in [0, 0.05) is 58.0 Å². The Bertz CT molecular complexity index is 2050. The zero-order chi connectivity index (χ0) is 51.2. The number of amides is 7. The van der Waals surface area contributed by atoms with Crippen molar-refractivity contribution < 1.29 is 53.3 Å². The van der Waals surface area contributed by atoms with Crippen molar-refractivity contribution in [3.05, 3.63) is 48.0 Å². The summed E-state index contributed by atoms with van der Waals surface area (Å²) in [4.78, 5) is 121. The molecule has 2 aromatic rings. The zero-order valence-corrected chi connectivity index (χ0v) is 40.2. The van der Waals surface area contributed by atoms with E-state index in [1.807, 2.05) is 0 Å². The lowest BCUT2D eigenvalue weighted by atomic mass is 9.96. The maximum absolute atomic E-state index is 14.5. The number of nitrogens with zero attached hydrogens (tertiary/aromatic N) is 3. The van der Waals surface area contributed by atoms with Crippen LogP contribution in [-0.2, 0) is 55.9 Å². The SMILES string of the molecule is CC[C@H](C)[C@H](NC(=O)[C@H](Cc1ccc(O)cc1)NC(=O)[C@@H](NC(=O)[C@H](CCCN=C(N)N)NC(=O)CNC)C(C)C)C(=O)N[C@@H](Cc1cnc[nH]1)C(=O)N1CCC[C@H]1C(=O)N[C@@H](CCOC)C(=O)O. The Morgan fingerprint density at radius 2 is 1.51 bits per heavy atom. The molecule has 14 N–H and O–H groups in total. The van der Waals surface area contributed by atoms with Crippen molar-refractivity contribution in [3.8, 4) is 5.75 Å². The van der Waals surface area contributed by atoms with Crippen LogP contribution in [0.5, 0.6) is 5.75 Å². The summed E-state index contributed by atoms with van der Waals surface area (Å²) in [6.07, 6.45) is 4.16. The van der Waals surface area contributed by atoms with Crippen molar-refractivity contribution in [3.63, 3.8) is 0 Å². The van der Waals surface area contributed by atoms with Gasteiger partial charge in [0.05, 0.1) is 12.9 Å². The molecule has 2 heterocycles. The normalized spacial score (nSPS) is 16.4. The van der Waals surface area contributed by atoms with Gasteiger partial charge in [-0.05, 0) is 62.3 Å². The topological polar surface area (TPSA) is 367 Å². The fraction of sp³-hybridized carbons (Fsp3) is 0.600. The van der Waals surface area contributed by atoms with E-state index in [0.29, 0.717) is 30.5 Å². The van der Waals surface area contributed by atoms with Gasteiger partial charge >= 0.3 is 5.97 Å². The van der Waals surface area contributed by atoms with Gasteiger partial charge in [0.25, 0.3) is 0 Å². The summed E-state index contributed by atoms with van der Waals surface area (Å²) >= 11 is 0. The molecular formula is C45H71N13O11. The predicted molar refractivity (Wildman–Crippen MR) is 253 cm³/mol. The molecule has 1 saturated heterocycles. The number of methoxy groups -OCH3 is 1. The summed E-state index contributed by atoms with van der Waals surface area (Å²) in [7, 11) is 2.97. The monoisotopic (exact) mass is 970 g/mol. The molecule has 0 radical (unpaired) electrons. The van der Waals surface area contributed by atoms with Crippen molar-refractivity contribution in [2.24, 2.45) is 28.3 Å². The Morgan fingerprint density at radius 3 is 2.10 bits per heavy atom. The van der Waals surface area contributed by atoms with E-state index in [-0.39, 0.29) is 70.1 Å². The average molecular weight is 970 g/mol. The summed E-state index contributed by atoms with van der Waals surface area (Å²) in [5, 5.41) is 38.6. The molecule has 3 rings (SSSR count). The lowest BCUT2D eigenvalue weighted by molar-refractivity contribution is -0.145. The number of likely N-dealkylation sites (tertiary alicyclic amines) is 1. The van der Waals surface area contributed by atoms with E-state index in [1.54, 1.807) is 46.9 Å². The van der Waals surface area contributed by atoms with Crippen LogP contribution in [0.25, 0.3) is 0 Å². The minimum absolute atomic E-state index is 0.00375. The maximum Gasteiger partial charge on any atom is 0.326 e. The molecule has 24 heteroatoms. The molecule has 69 heavy (non-hydrogen) atoms. The van der Waals surface area contributed by atoms with Crippen LogP contribution in [0.2, 0.25) is 0 Å². The number of guanidine groups is 1. The van der Waals surface area contributed by atoms with E-state index in [4.69, 9.17) is 16.2 Å². The number of aromatic hydroxyl groups is 1. The van der Waals surface area contributed by atoms with E-state index in [9.17, 15) is 48.6 Å². The third-order valence-corrected chi connectivity index (χ3v) is 11.6. The van der Waals surface area contributed by atoms with Gasteiger partial charge in [-0.15, -0.1) is 0 Å². The molecule has 382 valence electrons. The number of nitrogens with one attached hydrogen (secondary N) is 8. The number of aliphatic imine (C=N–C) groups is 1. The highest BCUT2D eigenvalue weighted by Crippen LogP contribution is 2.21. The number of H-pyrrole nitrogens is 1. The molecule has 24 nitrogen and oxygen atoms in total.